The molecule has 0 bridgehead atoms. The van der Waals surface area contributed by atoms with Gasteiger partial charge in [-0.2, -0.15) is 5.10 Å². The average Bonchev–Trinajstić information content (AvgIpc) is 3.37. The Hall–Kier alpha value is -3.42. The normalized spacial score (nSPS) is 14.1. The van der Waals surface area contributed by atoms with Crippen LogP contribution in [0.15, 0.2) is 36.7 Å². The molecule has 1 aromatic carbocycles. The molecule has 0 atom stereocenters. The molecule has 0 radical (unpaired) electrons. The molecule has 0 aliphatic heterocycles. The number of aromatic nitrogens is 3. The maximum absolute atomic E-state index is 12.7. The Labute approximate surface area is 168 Å². The summed E-state index contributed by atoms with van der Waals surface area (Å²) in [6.45, 7) is 0. The highest BCUT2D eigenvalue weighted by Gasteiger charge is 2.21. The first-order valence-corrected chi connectivity index (χ1v) is 9.74. The van der Waals surface area contributed by atoms with E-state index in [-0.39, 0.29) is 18.0 Å². The van der Waals surface area contributed by atoms with Gasteiger partial charge in [-0.05, 0) is 36.6 Å². The molecular weight excluding hydrogens is 368 g/mol. The van der Waals surface area contributed by atoms with Gasteiger partial charge in [0, 0.05) is 37.3 Å². The molecule has 2 heterocycles. The Balaban J connectivity index is 1.62. The van der Waals surface area contributed by atoms with Crippen LogP contribution in [-0.2, 0) is 0 Å². The fourth-order valence-electron chi connectivity index (χ4n) is 3.59. The van der Waals surface area contributed by atoms with Crippen LogP contribution in [0.4, 0.5) is 10.5 Å². The standard InChI is InChI=1S/C21H24N6O2/c1-27(2)21(29)24-16-9-14(11-22-12-16)13-7-8-18-17(10-13)19(26-25-18)20(28)23-15-5-3-4-6-15/h7-12,15H,3-6H2,1-2H3,(H,23,28)(H,24,29)(H,25,26). The summed E-state index contributed by atoms with van der Waals surface area (Å²) in [4.78, 5) is 30.3. The SMILES string of the molecule is CN(C)C(=O)Nc1cncc(-c2ccc3[nH]nc(C(=O)NC4CCCC4)c3c2)c1. The Morgan fingerprint density at radius 2 is 1.90 bits per heavy atom. The van der Waals surface area contributed by atoms with Crippen LogP contribution in [0.25, 0.3) is 22.0 Å². The maximum atomic E-state index is 12.7. The highest BCUT2D eigenvalue weighted by Crippen LogP contribution is 2.27. The number of urea groups is 1. The zero-order valence-corrected chi connectivity index (χ0v) is 16.5. The number of amides is 3. The third-order valence-electron chi connectivity index (χ3n) is 5.20. The number of pyridine rings is 1. The summed E-state index contributed by atoms with van der Waals surface area (Å²) in [6.07, 6.45) is 7.69. The van der Waals surface area contributed by atoms with Crippen LogP contribution in [0, 0.1) is 0 Å². The summed E-state index contributed by atoms with van der Waals surface area (Å²) < 4.78 is 0. The van der Waals surface area contributed by atoms with Gasteiger partial charge in [0.15, 0.2) is 5.69 Å². The second-order valence-electron chi connectivity index (χ2n) is 7.57. The van der Waals surface area contributed by atoms with Crippen LogP contribution in [0.2, 0.25) is 0 Å². The van der Waals surface area contributed by atoms with Crippen LogP contribution in [0.3, 0.4) is 0 Å². The molecular formula is C21H24N6O2. The third-order valence-corrected chi connectivity index (χ3v) is 5.20. The van der Waals surface area contributed by atoms with Gasteiger partial charge in [0.05, 0.1) is 17.4 Å². The van der Waals surface area contributed by atoms with Gasteiger partial charge in [0.2, 0.25) is 0 Å². The van der Waals surface area contributed by atoms with E-state index in [1.807, 2.05) is 24.3 Å². The van der Waals surface area contributed by atoms with E-state index in [1.54, 1.807) is 26.5 Å². The van der Waals surface area contributed by atoms with Crippen molar-refractivity contribution >= 4 is 28.5 Å². The largest absolute Gasteiger partial charge is 0.348 e. The van der Waals surface area contributed by atoms with Crippen molar-refractivity contribution in [1.29, 1.82) is 0 Å². The summed E-state index contributed by atoms with van der Waals surface area (Å²) in [6, 6.07) is 7.63. The minimum absolute atomic E-state index is 0.148. The Bertz CT molecular complexity index is 1050. The van der Waals surface area contributed by atoms with E-state index in [0.29, 0.717) is 11.4 Å². The summed E-state index contributed by atoms with van der Waals surface area (Å²) in [5.74, 6) is -0.148. The Morgan fingerprint density at radius 3 is 2.66 bits per heavy atom. The third kappa shape index (κ3) is 4.06. The molecule has 3 N–H and O–H groups in total. The van der Waals surface area contributed by atoms with E-state index in [2.05, 4.69) is 25.8 Å². The number of nitrogens with one attached hydrogen (secondary N) is 3. The van der Waals surface area contributed by atoms with Crippen molar-refractivity contribution in [2.75, 3.05) is 19.4 Å². The Morgan fingerprint density at radius 1 is 1.10 bits per heavy atom. The van der Waals surface area contributed by atoms with Crippen LogP contribution < -0.4 is 10.6 Å². The highest BCUT2D eigenvalue weighted by molar-refractivity contribution is 6.05. The summed E-state index contributed by atoms with van der Waals surface area (Å²) >= 11 is 0. The first-order chi connectivity index (χ1) is 14.0. The molecule has 8 nitrogen and oxygen atoms in total. The second kappa shape index (κ2) is 7.90. The van der Waals surface area contributed by atoms with Crippen molar-refractivity contribution in [1.82, 2.24) is 25.4 Å². The van der Waals surface area contributed by atoms with Gasteiger partial charge in [0.25, 0.3) is 5.91 Å². The van der Waals surface area contributed by atoms with E-state index in [0.717, 1.165) is 47.7 Å². The molecule has 1 fully saturated rings. The smallest absolute Gasteiger partial charge is 0.321 e. The zero-order valence-electron chi connectivity index (χ0n) is 16.5. The first-order valence-electron chi connectivity index (χ1n) is 9.74. The average molecular weight is 392 g/mol. The number of nitrogens with zero attached hydrogens (tertiary/aromatic N) is 3. The van der Waals surface area contributed by atoms with Gasteiger partial charge in [-0.15, -0.1) is 0 Å². The molecule has 2 aromatic heterocycles. The van der Waals surface area contributed by atoms with Gasteiger partial charge < -0.3 is 15.5 Å². The van der Waals surface area contributed by atoms with E-state index in [9.17, 15) is 9.59 Å². The Kier molecular flexibility index (Phi) is 5.16. The van der Waals surface area contributed by atoms with E-state index < -0.39 is 0 Å². The number of H-pyrrole nitrogens is 1. The molecule has 29 heavy (non-hydrogen) atoms. The molecule has 1 saturated carbocycles. The number of carbonyl (C=O) groups is 2. The predicted molar refractivity (Wildman–Crippen MR) is 112 cm³/mol. The summed E-state index contributed by atoms with van der Waals surface area (Å²) in [7, 11) is 3.36. The zero-order chi connectivity index (χ0) is 20.4. The summed E-state index contributed by atoms with van der Waals surface area (Å²) in [5, 5.41) is 13.8. The monoisotopic (exact) mass is 392 g/mol. The quantitative estimate of drug-likeness (QED) is 0.633. The lowest BCUT2D eigenvalue weighted by atomic mass is 10.0. The van der Waals surface area contributed by atoms with Crippen LogP contribution in [0.1, 0.15) is 36.2 Å². The van der Waals surface area contributed by atoms with Gasteiger partial charge in [-0.25, -0.2) is 4.79 Å². The van der Waals surface area contributed by atoms with Gasteiger partial charge >= 0.3 is 6.03 Å². The number of rotatable bonds is 4. The van der Waals surface area contributed by atoms with Crippen LogP contribution in [-0.4, -0.2) is 52.2 Å². The van der Waals surface area contributed by atoms with Gasteiger partial charge in [0.1, 0.15) is 0 Å². The minimum atomic E-state index is -0.222. The predicted octanol–water partition coefficient (Wildman–Crippen LogP) is 3.39. The molecule has 1 aliphatic rings. The molecule has 0 saturated heterocycles. The molecule has 3 aromatic rings. The molecule has 150 valence electrons. The molecule has 1 aliphatic carbocycles. The van der Waals surface area contributed by atoms with E-state index >= 15 is 0 Å². The number of anilines is 1. The fourth-order valence-corrected chi connectivity index (χ4v) is 3.59. The number of fused-ring (bicyclic) bond motifs is 1. The topological polar surface area (TPSA) is 103 Å². The number of benzene rings is 1. The summed E-state index contributed by atoms with van der Waals surface area (Å²) in [5.41, 5.74) is 3.54. The first kappa shape index (κ1) is 18.9. The minimum Gasteiger partial charge on any atom is -0.348 e. The fraction of sp³-hybridized carbons (Fsp3) is 0.333. The van der Waals surface area contributed by atoms with Crippen molar-refractivity contribution < 1.29 is 9.59 Å². The lowest BCUT2D eigenvalue weighted by Crippen LogP contribution is -2.32. The lowest BCUT2D eigenvalue weighted by molar-refractivity contribution is 0.0934. The molecule has 0 unspecified atom stereocenters. The molecule has 4 rings (SSSR count). The lowest BCUT2D eigenvalue weighted by Gasteiger charge is -2.12. The van der Waals surface area contributed by atoms with Crippen molar-refractivity contribution in [2.24, 2.45) is 0 Å². The number of aromatic amines is 1. The van der Waals surface area contributed by atoms with Crippen LogP contribution in [0.5, 0.6) is 0 Å². The van der Waals surface area contributed by atoms with Crippen molar-refractivity contribution in [2.45, 2.75) is 31.7 Å². The number of hydrogen-bond acceptors (Lipinski definition) is 4. The van der Waals surface area contributed by atoms with Gasteiger partial charge in [-0.3, -0.25) is 14.9 Å². The highest BCUT2D eigenvalue weighted by atomic mass is 16.2. The van der Waals surface area contributed by atoms with Crippen molar-refractivity contribution in [3.63, 3.8) is 0 Å². The van der Waals surface area contributed by atoms with Crippen molar-refractivity contribution in [3.05, 3.63) is 42.4 Å². The second-order valence-corrected chi connectivity index (χ2v) is 7.57. The van der Waals surface area contributed by atoms with Crippen molar-refractivity contribution in [3.8, 4) is 11.1 Å². The maximum Gasteiger partial charge on any atom is 0.321 e. The molecule has 0 spiro atoms. The van der Waals surface area contributed by atoms with E-state index in [1.165, 1.54) is 4.90 Å². The van der Waals surface area contributed by atoms with Gasteiger partial charge in [-0.1, -0.05) is 18.9 Å². The van der Waals surface area contributed by atoms with Crippen LogP contribution >= 0.6 is 0 Å². The number of carbonyl (C=O) groups excluding carboxylic acids is 2. The number of hydrogen-bond donors (Lipinski definition) is 3. The molecule has 8 heteroatoms. The molecule has 3 amide bonds. The van der Waals surface area contributed by atoms with E-state index in [4.69, 9.17) is 0 Å².